The molecule has 0 aliphatic carbocycles. The SMILES string of the molecule is C=CC(=C)C(=O)N(CC=N)c1cn(-c2cccnc2)nc1Cl. The van der Waals surface area contributed by atoms with Gasteiger partial charge in [0.25, 0.3) is 5.91 Å². The van der Waals surface area contributed by atoms with Crippen molar-refractivity contribution >= 4 is 29.4 Å². The summed E-state index contributed by atoms with van der Waals surface area (Å²) < 4.78 is 1.52. The van der Waals surface area contributed by atoms with Crippen LogP contribution in [0.5, 0.6) is 0 Å². The summed E-state index contributed by atoms with van der Waals surface area (Å²) in [6.45, 7) is 7.22. The lowest BCUT2D eigenvalue weighted by Crippen LogP contribution is -2.33. The molecule has 0 spiro atoms. The van der Waals surface area contributed by atoms with Gasteiger partial charge in [-0.2, -0.15) is 5.10 Å². The number of anilines is 1. The van der Waals surface area contributed by atoms with Crippen molar-refractivity contribution in [1.82, 2.24) is 14.8 Å². The number of hydrogen-bond acceptors (Lipinski definition) is 4. The summed E-state index contributed by atoms with van der Waals surface area (Å²) in [4.78, 5) is 17.6. The standard InChI is InChI=1S/C15H14ClN5O/c1-3-11(2)15(22)20(8-6-17)13-10-21(19-14(13)16)12-5-4-7-18-9-12/h3-7,9-10,17H,1-2,8H2. The van der Waals surface area contributed by atoms with Gasteiger partial charge in [0.2, 0.25) is 0 Å². The van der Waals surface area contributed by atoms with Crippen LogP contribution in [0.4, 0.5) is 5.69 Å². The third-order valence-electron chi connectivity index (χ3n) is 2.89. The molecular weight excluding hydrogens is 302 g/mol. The molecular formula is C15H14ClN5O. The third kappa shape index (κ3) is 3.12. The molecule has 2 heterocycles. The number of hydrogen-bond donors (Lipinski definition) is 1. The van der Waals surface area contributed by atoms with E-state index in [0.717, 1.165) is 6.21 Å². The Bertz CT molecular complexity index is 723. The molecule has 0 aromatic carbocycles. The van der Waals surface area contributed by atoms with Gasteiger partial charge in [-0.05, 0) is 12.1 Å². The predicted molar refractivity (Wildman–Crippen MR) is 86.8 cm³/mol. The largest absolute Gasteiger partial charge is 0.311 e. The van der Waals surface area contributed by atoms with Gasteiger partial charge in [0, 0.05) is 18.0 Å². The Morgan fingerprint density at radius 3 is 2.91 bits per heavy atom. The highest BCUT2D eigenvalue weighted by molar-refractivity contribution is 6.33. The highest BCUT2D eigenvalue weighted by atomic mass is 35.5. The van der Waals surface area contributed by atoms with Crippen LogP contribution in [0.25, 0.3) is 5.69 Å². The van der Waals surface area contributed by atoms with Crippen molar-refractivity contribution in [2.45, 2.75) is 0 Å². The molecule has 7 heteroatoms. The molecule has 0 saturated carbocycles. The fourth-order valence-corrected chi connectivity index (χ4v) is 2.02. The maximum atomic E-state index is 12.3. The highest BCUT2D eigenvalue weighted by Crippen LogP contribution is 2.26. The summed E-state index contributed by atoms with van der Waals surface area (Å²) >= 11 is 6.14. The van der Waals surface area contributed by atoms with Gasteiger partial charge in [0.1, 0.15) is 5.69 Å². The molecule has 0 fully saturated rings. The Hall–Kier alpha value is -2.73. The number of rotatable bonds is 6. The number of halogens is 1. The smallest absolute Gasteiger partial charge is 0.258 e. The number of nitrogens with zero attached hydrogens (tertiary/aromatic N) is 4. The minimum absolute atomic E-state index is 0.0597. The second-order valence-corrected chi connectivity index (χ2v) is 4.67. The van der Waals surface area contributed by atoms with Gasteiger partial charge in [0.15, 0.2) is 5.15 Å². The van der Waals surface area contributed by atoms with Crippen molar-refractivity contribution in [3.8, 4) is 5.69 Å². The van der Waals surface area contributed by atoms with Crippen molar-refractivity contribution in [3.63, 3.8) is 0 Å². The molecule has 0 bridgehead atoms. The monoisotopic (exact) mass is 315 g/mol. The summed E-state index contributed by atoms with van der Waals surface area (Å²) in [6, 6.07) is 3.58. The molecule has 0 atom stereocenters. The molecule has 1 N–H and O–H groups in total. The van der Waals surface area contributed by atoms with E-state index in [2.05, 4.69) is 23.2 Å². The van der Waals surface area contributed by atoms with E-state index < -0.39 is 0 Å². The number of pyridine rings is 1. The van der Waals surface area contributed by atoms with Crippen LogP contribution in [0.3, 0.4) is 0 Å². The van der Waals surface area contributed by atoms with Crippen LogP contribution < -0.4 is 4.90 Å². The molecule has 2 aromatic rings. The number of amides is 1. The van der Waals surface area contributed by atoms with Gasteiger partial charge in [-0.3, -0.25) is 14.7 Å². The topological polar surface area (TPSA) is 74.9 Å². The van der Waals surface area contributed by atoms with E-state index in [9.17, 15) is 4.79 Å². The van der Waals surface area contributed by atoms with Crippen molar-refractivity contribution < 1.29 is 4.79 Å². The first kappa shape index (κ1) is 15.7. The Labute approximate surface area is 132 Å². The second-order valence-electron chi connectivity index (χ2n) is 4.31. The molecule has 112 valence electrons. The van der Waals surface area contributed by atoms with Crippen LogP contribution in [0.15, 0.2) is 55.5 Å². The van der Waals surface area contributed by atoms with E-state index in [-0.39, 0.29) is 23.2 Å². The summed E-state index contributed by atoms with van der Waals surface area (Å²) in [5.74, 6) is -0.383. The predicted octanol–water partition coefficient (Wildman–Crippen LogP) is 2.65. The van der Waals surface area contributed by atoms with Gasteiger partial charge in [-0.1, -0.05) is 30.8 Å². The number of carbonyl (C=O) groups is 1. The number of aromatic nitrogens is 3. The van der Waals surface area contributed by atoms with Crippen LogP contribution >= 0.6 is 11.6 Å². The first-order valence-corrected chi connectivity index (χ1v) is 6.74. The fraction of sp³-hybridized carbons (Fsp3) is 0.0667. The number of nitrogens with one attached hydrogen (secondary N) is 1. The summed E-state index contributed by atoms with van der Waals surface area (Å²) in [5.41, 5.74) is 1.31. The molecule has 0 aliphatic heterocycles. The minimum atomic E-state index is -0.383. The van der Waals surface area contributed by atoms with Gasteiger partial charge < -0.3 is 5.41 Å². The molecule has 1 amide bonds. The second kappa shape index (κ2) is 6.82. The van der Waals surface area contributed by atoms with E-state index in [1.165, 1.54) is 15.7 Å². The van der Waals surface area contributed by atoms with Crippen LogP contribution in [-0.4, -0.2) is 33.4 Å². The Balaban J connectivity index is 2.43. The van der Waals surface area contributed by atoms with Gasteiger partial charge in [-0.15, -0.1) is 0 Å². The first-order valence-electron chi connectivity index (χ1n) is 6.36. The fourth-order valence-electron chi connectivity index (χ4n) is 1.79. The molecule has 22 heavy (non-hydrogen) atoms. The summed E-state index contributed by atoms with van der Waals surface area (Å²) in [6.07, 6.45) is 7.34. The zero-order valence-electron chi connectivity index (χ0n) is 11.7. The quantitative estimate of drug-likeness (QED) is 0.506. The minimum Gasteiger partial charge on any atom is -0.311 e. The molecule has 6 nitrogen and oxygen atoms in total. The summed E-state index contributed by atoms with van der Waals surface area (Å²) in [5, 5.41) is 11.6. The number of carbonyl (C=O) groups excluding carboxylic acids is 1. The third-order valence-corrected chi connectivity index (χ3v) is 3.16. The van der Waals surface area contributed by atoms with E-state index in [1.807, 2.05) is 6.07 Å². The van der Waals surface area contributed by atoms with Crippen LogP contribution in [0, 0.1) is 5.41 Å². The lowest BCUT2D eigenvalue weighted by molar-refractivity contribution is -0.114. The molecule has 2 aromatic heterocycles. The van der Waals surface area contributed by atoms with Crippen molar-refractivity contribution in [2.75, 3.05) is 11.4 Å². The van der Waals surface area contributed by atoms with Crippen molar-refractivity contribution in [1.29, 1.82) is 5.41 Å². The van der Waals surface area contributed by atoms with E-state index in [4.69, 9.17) is 17.0 Å². The Morgan fingerprint density at radius 1 is 1.55 bits per heavy atom. The van der Waals surface area contributed by atoms with Crippen LogP contribution in [0.2, 0.25) is 5.15 Å². The van der Waals surface area contributed by atoms with Gasteiger partial charge >= 0.3 is 0 Å². The van der Waals surface area contributed by atoms with E-state index >= 15 is 0 Å². The highest BCUT2D eigenvalue weighted by Gasteiger charge is 2.21. The lowest BCUT2D eigenvalue weighted by Gasteiger charge is -2.19. The van der Waals surface area contributed by atoms with Gasteiger partial charge in [-0.25, -0.2) is 4.68 Å². The summed E-state index contributed by atoms with van der Waals surface area (Å²) in [7, 11) is 0. The van der Waals surface area contributed by atoms with E-state index in [1.54, 1.807) is 24.7 Å². The molecule has 0 saturated heterocycles. The zero-order chi connectivity index (χ0) is 16.1. The molecule has 0 aliphatic rings. The lowest BCUT2D eigenvalue weighted by atomic mass is 10.2. The first-order chi connectivity index (χ1) is 10.6. The normalized spacial score (nSPS) is 10.0. The average Bonchev–Trinajstić information content (AvgIpc) is 2.93. The zero-order valence-corrected chi connectivity index (χ0v) is 12.5. The van der Waals surface area contributed by atoms with Crippen molar-refractivity contribution in [2.24, 2.45) is 0 Å². The van der Waals surface area contributed by atoms with E-state index in [0.29, 0.717) is 11.4 Å². The maximum absolute atomic E-state index is 12.3. The molecule has 0 radical (unpaired) electrons. The molecule has 0 unspecified atom stereocenters. The maximum Gasteiger partial charge on any atom is 0.258 e. The molecule has 2 rings (SSSR count). The van der Waals surface area contributed by atoms with Gasteiger partial charge in [0.05, 0.1) is 24.6 Å². The van der Waals surface area contributed by atoms with Crippen LogP contribution in [-0.2, 0) is 4.79 Å². The van der Waals surface area contributed by atoms with Crippen molar-refractivity contribution in [3.05, 3.63) is 60.7 Å². The van der Waals surface area contributed by atoms with Crippen LogP contribution in [0.1, 0.15) is 0 Å². The Kier molecular flexibility index (Phi) is 4.85. The average molecular weight is 316 g/mol. The Morgan fingerprint density at radius 2 is 2.32 bits per heavy atom.